The molecule has 6 heteroatoms. The molecule has 1 aliphatic heterocycles. The smallest absolute Gasteiger partial charge is 0.260 e. The lowest BCUT2D eigenvalue weighted by molar-refractivity contribution is -0.119. The number of fused-ring (bicyclic) bond motifs is 2. The zero-order valence-corrected chi connectivity index (χ0v) is 15.9. The van der Waals surface area contributed by atoms with Crippen molar-refractivity contribution in [3.8, 4) is 0 Å². The molecule has 1 amide bonds. The molecule has 1 aromatic carbocycles. The van der Waals surface area contributed by atoms with Crippen LogP contribution >= 0.6 is 11.6 Å². The van der Waals surface area contributed by atoms with Crippen molar-refractivity contribution in [1.82, 2.24) is 9.97 Å². The Morgan fingerprint density at radius 3 is 2.86 bits per heavy atom. The third-order valence-electron chi connectivity index (χ3n) is 4.67. The molecule has 4 rings (SSSR count). The Morgan fingerprint density at radius 2 is 2.03 bits per heavy atom. The number of nitrogens with zero attached hydrogens (tertiary/aromatic N) is 3. The van der Waals surface area contributed by atoms with E-state index in [2.05, 4.69) is 9.97 Å². The van der Waals surface area contributed by atoms with Crippen LogP contribution in [0, 0.1) is 5.89 Å². The molecule has 0 bridgehead atoms. The van der Waals surface area contributed by atoms with E-state index in [9.17, 15) is 9.59 Å². The molecule has 2 aromatic heterocycles. The highest BCUT2D eigenvalue weighted by molar-refractivity contribution is 6.29. The number of rotatable bonds is 6. The van der Waals surface area contributed by atoms with Gasteiger partial charge in [-0.1, -0.05) is 43.5 Å². The summed E-state index contributed by atoms with van der Waals surface area (Å²) in [6.07, 6.45) is -5.00. The zero-order valence-electron chi connectivity index (χ0n) is 24.1. The number of carbonyl (C=O) groups excluding carboxylic acids is 2. The van der Waals surface area contributed by atoms with Crippen LogP contribution in [0.5, 0.6) is 0 Å². The van der Waals surface area contributed by atoms with Crippen molar-refractivity contribution in [3.05, 3.63) is 64.8 Å². The molecule has 0 saturated heterocycles. The van der Waals surface area contributed by atoms with Gasteiger partial charge < -0.3 is 0 Å². The lowest BCUT2D eigenvalue weighted by atomic mass is 9.97. The monoisotopic (exact) mass is 416 g/mol. The third kappa shape index (κ3) is 3.87. The Kier molecular flexibility index (Phi) is 3.11. The number of benzene rings is 1. The first-order valence-corrected chi connectivity index (χ1v) is 9.23. The van der Waals surface area contributed by atoms with Crippen molar-refractivity contribution in [2.45, 2.75) is 39.0 Å². The molecule has 1 aliphatic rings. The van der Waals surface area contributed by atoms with Crippen LogP contribution in [0.3, 0.4) is 0 Å². The van der Waals surface area contributed by atoms with Crippen molar-refractivity contribution < 1.29 is 21.9 Å². The van der Waals surface area contributed by atoms with E-state index in [1.54, 1.807) is 48.5 Å². The molecule has 0 fully saturated rings. The molecule has 1 atom stereocenters. The topological polar surface area (TPSA) is 63.2 Å². The summed E-state index contributed by atoms with van der Waals surface area (Å²) in [4.78, 5) is 36.5. The number of amides is 1. The van der Waals surface area contributed by atoms with E-state index in [-0.39, 0.29) is 22.2 Å². The minimum absolute atomic E-state index is 0.131. The summed E-state index contributed by atoms with van der Waals surface area (Å²) in [7, 11) is 0. The summed E-state index contributed by atoms with van der Waals surface area (Å²) in [6.45, 7) is -6.78. The minimum atomic E-state index is -3.39. The van der Waals surface area contributed by atoms with Crippen LogP contribution < -0.4 is 4.90 Å². The number of Topliss-reactive ketones (excluding diaryl/α,β-unsaturated/α-hetero) is 1. The van der Waals surface area contributed by atoms with Gasteiger partial charge in [-0.05, 0) is 48.2 Å². The summed E-state index contributed by atoms with van der Waals surface area (Å²) < 4.78 is 70.2. The fourth-order valence-electron chi connectivity index (χ4n) is 3.39. The van der Waals surface area contributed by atoms with Gasteiger partial charge in [0, 0.05) is 36.1 Å². The zero-order chi connectivity index (χ0) is 28.3. The molecule has 0 spiro atoms. The van der Waals surface area contributed by atoms with Gasteiger partial charge in [0.15, 0.2) is 5.65 Å². The maximum Gasteiger partial charge on any atom is 0.260 e. The highest BCUT2D eigenvalue weighted by Crippen LogP contribution is 2.39. The lowest BCUT2D eigenvalue weighted by Crippen LogP contribution is -2.30. The van der Waals surface area contributed by atoms with E-state index >= 15 is 0 Å². The average Bonchev–Trinajstić information content (AvgIpc) is 3.08. The van der Waals surface area contributed by atoms with Gasteiger partial charge in [0.25, 0.3) is 5.91 Å². The third-order valence-corrected chi connectivity index (χ3v) is 4.88. The van der Waals surface area contributed by atoms with Crippen LogP contribution in [0.15, 0.2) is 48.5 Å². The van der Waals surface area contributed by atoms with E-state index in [0.29, 0.717) is 10.9 Å². The van der Waals surface area contributed by atoms with Crippen molar-refractivity contribution in [1.29, 1.82) is 0 Å². The molecular weight excluding hydrogens is 386 g/mol. The quantitative estimate of drug-likeness (QED) is 0.506. The van der Waals surface area contributed by atoms with Crippen LogP contribution in [-0.2, 0) is 4.79 Å². The Labute approximate surface area is 187 Å². The Bertz CT molecular complexity index is 1410. The summed E-state index contributed by atoms with van der Waals surface area (Å²) in [5.74, 6) is -4.74. The summed E-state index contributed by atoms with van der Waals surface area (Å²) in [6, 6.07) is 11.9. The molecule has 3 heterocycles. The molecule has 148 valence electrons. The second-order valence-corrected chi connectivity index (χ2v) is 6.98. The maximum absolute atomic E-state index is 13.4. The van der Waals surface area contributed by atoms with Crippen LogP contribution in [0.2, 0.25) is 5.15 Å². The normalized spacial score (nSPS) is 22.2. The van der Waals surface area contributed by atoms with Gasteiger partial charge in [0.05, 0.1) is 6.04 Å². The molecule has 0 N–H and O–H groups in total. The lowest BCUT2D eigenvalue weighted by Gasteiger charge is -2.24. The van der Waals surface area contributed by atoms with Gasteiger partial charge in [0.1, 0.15) is 16.8 Å². The summed E-state index contributed by atoms with van der Waals surface area (Å²) in [5, 5.41) is 0.827. The first-order chi connectivity index (χ1) is 17.5. The average molecular weight is 417 g/mol. The van der Waals surface area contributed by atoms with Gasteiger partial charge in [-0.2, -0.15) is 0 Å². The molecule has 0 radical (unpaired) electrons. The highest BCUT2D eigenvalue weighted by atomic mass is 35.5. The molecule has 3 aromatic rings. The predicted molar refractivity (Wildman–Crippen MR) is 114 cm³/mol. The van der Waals surface area contributed by atoms with Crippen molar-refractivity contribution in [2.75, 3.05) is 4.90 Å². The number of carbonyl (C=O) groups is 2. The Balaban J connectivity index is 1.72. The molecular formula is C23H22ClN3O2. The van der Waals surface area contributed by atoms with Gasteiger partial charge >= 0.3 is 0 Å². The van der Waals surface area contributed by atoms with Crippen LogP contribution in [0.25, 0.3) is 11.0 Å². The Morgan fingerprint density at radius 1 is 1.24 bits per heavy atom. The number of ketones is 1. The number of pyridine rings is 2. The van der Waals surface area contributed by atoms with Crippen LogP contribution in [-0.4, -0.2) is 21.7 Å². The molecule has 0 unspecified atom stereocenters. The number of hydrogen-bond donors (Lipinski definition) is 0. The van der Waals surface area contributed by atoms with E-state index in [1.165, 1.54) is 4.90 Å². The highest BCUT2D eigenvalue weighted by Gasteiger charge is 2.39. The molecule has 0 saturated carbocycles. The first kappa shape index (κ1) is 11.4. The van der Waals surface area contributed by atoms with E-state index in [1.807, 2.05) is 0 Å². The van der Waals surface area contributed by atoms with Crippen molar-refractivity contribution >= 4 is 40.1 Å². The number of halogens is 1. The summed E-state index contributed by atoms with van der Waals surface area (Å²) >= 11 is 5.98. The molecule has 5 nitrogen and oxygen atoms in total. The largest absolute Gasteiger partial charge is 0.300 e. The van der Waals surface area contributed by atoms with Gasteiger partial charge in [0.2, 0.25) is 0 Å². The Hall–Kier alpha value is -2.79. The van der Waals surface area contributed by atoms with Crippen LogP contribution in [0.1, 0.15) is 67.2 Å². The van der Waals surface area contributed by atoms with Crippen molar-refractivity contribution in [2.24, 2.45) is 5.89 Å². The van der Waals surface area contributed by atoms with E-state index in [0.717, 1.165) is 0 Å². The summed E-state index contributed by atoms with van der Waals surface area (Å²) in [5.41, 5.74) is 0.937. The molecule has 0 aliphatic carbocycles. The number of hydrogen-bond acceptors (Lipinski definition) is 4. The molecule has 29 heavy (non-hydrogen) atoms. The number of aromatic nitrogens is 2. The second kappa shape index (κ2) is 7.91. The van der Waals surface area contributed by atoms with E-state index in [4.69, 9.17) is 23.9 Å². The fourth-order valence-corrected chi connectivity index (χ4v) is 3.54. The first-order valence-electron chi connectivity index (χ1n) is 13.4. The van der Waals surface area contributed by atoms with Crippen LogP contribution in [0.4, 0.5) is 5.82 Å². The van der Waals surface area contributed by atoms with E-state index < -0.39 is 56.5 Å². The maximum atomic E-state index is 13.4. The van der Waals surface area contributed by atoms with Gasteiger partial charge in [-0.15, -0.1) is 0 Å². The SMILES string of the molecule is [2H]C([2H])(CC([2H])(C([2H])([2H])[2H])C([2H])([2H])[2H])C(=O)C[C@H]1c2ccccc2C(=O)N1c1ccc2ccc(Cl)nc2n1. The minimum Gasteiger partial charge on any atom is -0.300 e. The standard InChI is InChI=1S/C23H22ClN3O2/c1-14(2)7-10-16(28)13-19-17-5-3-4-6-18(17)23(29)27(19)21-12-9-15-8-11-20(24)25-22(15)26-21/h3-6,8-9,11-12,14,19H,7,10,13H2,1-2H3/t19-/m0/s1/i1D3,2D3,10D2,14D. The van der Waals surface area contributed by atoms with Gasteiger partial charge in [-0.25, -0.2) is 9.97 Å². The predicted octanol–water partition coefficient (Wildman–Crippen LogP) is 5.38. The van der Waals surface area contributed by atoms with Crippen molar-refractivity contribution in [3.63, 3.8) is 0 Å². The fraction of sp³-hybridized carbons (Fsp3) is 0.304. The van der Waals surface area contributed by atoms with Gasteiger partial charge in [-0.3, -0.25) is 14.5 Å². The second-order valence-electron chi connectivity index (χ2n) is 6.59. The number of anilines is 1.